The van der Waals surface area contributed by atoms with Gasteiger partial charge < -0.3 is 24.5 Å². The van der Waals surface area contributed by atoms with Crippen LogP contribution in [-0.4, -0.2) is 95.1 Å². The Morgan fingerprint density at radius 3 is 1.79 bits per heavy atom. The summed E-state index contributed by atoms with van der Waals surface area (Å²) in [6.07, 6.45) is 8.59. The van der Waals surface area contributed by atoms with E-state index in [1.165, 1.54) is 31.4 Å². The van der Waals surface area contributed by atoms with E-state index < -0.39 is 0 Å². The van der Waals surface area contributed by atoms with Crippen LogP contribution in [0.3, 0.4) is 0 Å². The molecule has 6 heteroatoms. The third-order valence-corrected chi connectivity index (χ3v) is 8.18. The van der Waals surface area contributed by atoms with Gasteiger partial charge in [0, 0.05) is 71.1 Å². The predicted molar refractivity (Wildman–Crippen MR) is 168 cm³/mol. The number of likely N-dealkylation sites (N-methyl/N-ethyl adjacent to an activating group) is 2. The van der Waals surface area contributed by atoms with E-state index in [2.05, 4.69) is 94.9 Å². The summed E-state index contributed by atoms with van der Waals surface area (Å²) < 4.78 is 0. The lowest BCUT2D eigenvalue weighted by molar-refractivity contribution is 0.104. The zero-order chi connectivity index (χ0) is 27.6. The summed E-state index contributed by atoms with van der Waals surface area (Å²) in [6, 6.07) is 15.1. The topological polar surface area (TPSA) is 33.3 Å². The maximum atomic E-state index is 14.0. The molecular formula is C33H49N5O. The summed E-state index contributed by atoms with van der Waals surface area (Å²) in [6.45, 7) is 14.5. The van der Waals surface area contributed by atoms with Crippen molar-refractivity contribution in [2.45, 2.75) is 39.5 Å². The van der Waals surface area contributed by atoms with E-state index in [0.717, 1.165) is 87.9 Å². The van der Waals surface area contributed by atoms with Crippen molar-refractivity contribution in [2.75, 3.05) is 94.2 Å². The van der Waals surface area contributed by atoms with Crippen LogP contribution in [0.5, 0.6) is 0 Å². The SMILES string of the molecule is CCCCN(CCCC)c1cccc(C=CC(=O)c2c(N3CCN(C)CC3)cccc2N2CCN(C)CC2)c1. The minimum atomic E-state index is 0.0951. The number of anilines is 3. The van der Waals surface area contributed by atoms with Gasteiger partial charge in [0.1, 0.15) is 0 Å². The van der Waals surface area contributed by atoms with Crippen molar-refractivity contribution in [1.29, 1.82) is 0 Å². The van der Waals surface area contributed by atoms with Gasteiger partial charge in [-0.05, 0) is 62.8 Å². The van der Waals surface area contributed by atoms with E-state index >= 15 is 0 Å². The van der Waals surface area contributed by atoms with Crippen LogP contribution in [0.15, 0.2) is 48.5 Å². The third-order valence-electron chi connectivity index (χ3n) is 8.18. The highest BCUT2D eigenvalue weighted by Crippen LogP contribution is 2.33. The second-order valence-electron chi connectivity index (χ2n) is 11.2. The molecule has 2 aliphatic heterocycles. The molecule has 2 heterocycles. The van der Waals surface area contributed by atoms with Crippen LogP contribution >= 0.6 is 0 Å². The largest absolute Gasteiger partial charge is 0.372 e. The Kier molecular flexibility index (Phi) is 10.9. The van der Waals surface area contributed by atoms with E-state index in [1.54, 1.807) is 6.08 Å². The number of rotatable bonds is 12. The number of hydrogen-bond acceptors (Lipinski definition) is 6. The molecule has 0 saturated carbocycles. The fourth-order valence-electron chi connectivity index (χ4n) is 5.55. The molecule has 2 fully saturated rings. The van der Waals surface area contributed by atoms with Gasteiger partial charge in [0.2, 0.25) is 0 Å². The zero-order valence-electron chi connectivity index (χ0n) is 24.7. The van der Waals surface area contributed by atoms with Gasteiger partial charge >= 0.3 is 0 Å². The van der Waals surface area contributed by atoms with Gasteiger partial charge in [0.25, 0.3) is 0 Å². The fraction of sp³-hybridized carbons (Fsp3) is 0.545. The highest BCUT2D eigenvalue weighted by atomic mass is 16.1. The van der Waals surface area contributed by atoms with Gasteiger partial charge in [0.15, 0.2) is 5.78 Å². The van der Waals surface area contributed by atoms with Crippen LogP contribution in [0.2, 0.25) is 0 Å². The molecule has 39 heavy (non-hydrogen) atoms. The second-order valence-corrected chi connectivity index (χ2v) is 11.2. The summed E-state index contributed by atoms with van der Waals surface area (Å²) in [5.41, 5.74) is 5.34. The van der Waals surface area contributed by atoms with Crippen molar-refractivity contribution in [2.24, 2.45) is 0 Å². The lowest BCUT2D eigenvalue weighted by Gasteiger charge is -2.38. The molecule has 212 valence electrons. The van der Waals surface area contributed by atoms with Gasteiger partial charge in [0.05, 0.1) is 16.9 Å². The third kappa shape index (κ3) is 7.86. The average molecular weight is 532 g/mol. The number of carbonyl (C=O) groups is 1. The fourth-order valence-corrected chi connectivity index (χ4v) is 5.55. The Bertz CT molecular complexity index is 1040. The van der Waals surface area contributed by atoms with Crippen LogP contribution in [0, 0.1) is 0 Å². The molecule has 2 aliphatic rings. The first-order valence-electron chi connectivity index (χ1n) is 15.1. The number of nitrogens with zero attached hydrogens (tertiary/aromatic N) is 5. The molecule has 0 amide bonds. The van der Waals surface area contributed by atoms with Crippen molar-refractivity contribution in [1.82, 2.24) is 9.80 Å². The highest BCUT2D eigenvalue weighted by molar-refractivity contribution is 6.14. The Labute approximate surface area is 236 Å². The first-order chi connectivity index (χ1) is 19.0. The van der Waals surface area contributed by atoms with Crippen molar-refractivity contribution < 1.29 is 4.79 Å². The van der Waals surface area contributed by atoms with E-state index in [9.17, 15) is 4.79 Å². The maximum absolute atomic E-state index is 14.0. The Morgan fingerprint density at radius 2 is 1.28 bits per heavy atom. The quantitative estimate of drug-likeness (QED) is 0.266. The van der Waals surface area contributed by atoms with Crippen molar-refractivity contribution in [3.8, 4) is 0 Å². The molecule has 0 radical (unpaired) electrons. The van der Waals surface area contributed by atoms with Crippen LogP contribution < -0.4 is 14.7 Å². The molecule has 0 spiro atoms. The summed E-state index contributed by atoms with van der Waals surface area (Å²) in [4.78, 5) is 26.0. The van der Waals surface area contributed by atoms with Gasteiger partial charge in [-0.1, -0.05) is 51.0 Å². The molecule has 0 unspecified atom stereocenters. The molecule has 2 aromatic carbocycles. The number of piperazine rings is 2. The molecular weight excluding hydrogens is 482 g/mol. The molecule has 0 N–H and O–H groups in total. The first kappa shape index (κ1) is 29.2. The smallest absolute Gasteiger partial charge is 0.190 e. The summed E-state index contributed by atoms with van der Waals surface area (Å²) >= 11 is 0. The molecule has 0 bridgehead atoms. The van der Waals surface area contributed by atoms with Crippen LogP contribution in [0.1, 0.15) is 55.5 Å². The highest BCUT2D eigenvalue weighted by Gasteiger charge is 2.25. The molecule has 0 atom stereocenters. The normalized spacial score (nSPS) is 17.2. The number of ketones is 1. The maximum Gasteiger partial charge on any atom is 0.190 e. The summed E-state index contributed by atoms with van der Waals surface area (Å²) in [5.74, 6) is 0.0951. The average Bonchev–Trinajstić information content (AvgIpc) is 2.96. The Morgan fingerprint density at radius 1 is 0.769 bits per heavy atom. The lowest BCUT2D eigenvalue weighted by atomic mass is 10.0. The first-order valence-corrected chi connectivity index (χ1v) is 15.1. The van der Waals surface area contributed by atoms with E-state index in [-0.39, 0.29) is 5.78 Å². The molecule has 0 aliphatic carbocycles. The van der Waals surface area contributed by atoms with Crippen LogP contribution in [0.4, 0.5) is 17.1 Å². The van der Waals surface area contributed by atoms with E-state index in [0.29, 0.717) is 0 Å². The molecule has 0 aromatic heterocycles. The van der Waals surface area contributed by atoms with Gasteiger partial charge in [-0.2, -0.15) is 0 Å². The van der Waals surface area contributed by atoms with E-state index in [1.807, 2.05) is 6.08 Å². The Hall–Kier alpha value is -2.83. The number of allylic oxidation sites excluding steroid dienone is 1. The van der Waals surface area contributed by atoms with Crippen molar-refractivity contribution in [3.05, 3.63) is 59.7 Å². The molecule has 2 saturated heterocycles. The van der Waals surface area contributed by atoms with Gasteiger partial charge in [-0.15, -0.1) is 0 Å². The van der Waals surface area contributed by atoms with Crippen molar-refractivity contribution in [3.63, 3.8) is 0 Å². The number of benzene rings is 2. The van der Waals surface area contributed by atoms with E-state index in [4.69, 9.17) is 0 Å². The predicted octanol–water partition coefficient (Wildman–Crippen LogP) is 5.49. The van der Waals surface area contributed by atoms with Gasteiger partial charge in [-0.25, -0.2) is 0 Å². The summed E-state index contributed by atoms with van der Waals surface area (Å²) in [7, 11) is 4.35. The molecule has 4 rings (SSSR count). The number of unbranched alkanes of at least 4 members (excludes halogenated alkanes) is 2. The number of hydrogen-bond donors (Lipinski definition) is 0. The minimum absolute atomic E-state index is 0.0951. The summed E-state index contributed by atoms with van der Waals surface area (Å²) in [5, 5.41) is 0. The number of carbonyl (C=O) groups excluding carboxylic acids is 1. The zero-order valence-corrected chi connectivity index (χ0v) is 24.7. The van der Waals surface area contributed by atoms with Gasteiger partial charge in [-0.3, -0.25) is 4.79 Å². The standard InChI is InChI=1S/C33H49N5O/c1-5-7-17-36(18-8-6-2)29-12-9-11-28(27-29)15-16-32(39)33-30(37-23-19-34(3)20-24-37)13-10-14-31(33)38-25-21-35(4)22-26-38/h9-16,27H,5-8,17-26H2,1-4H3. The monoisotopic (exact) mass is 531 g/mol. The van der Waals surface area contributed by atoms with Crippen LogP contribution in [0.25, 0.3) is 6.08 Å². The van der Waals surface area contributed by atoms with Crippen molar-refractivity contribution >= 4 is 28.9 Å². The lowest BCUT2D eigenvalue weighted by Crippen LogP contribution is -2.46. The molecule has 6 nitrogen and oxygen atoms in total. The minimum Gasteiger partial charge on any atom is -0.372 e. The van der Waals surface area contributed by atoms with Crippen LogP contribution in [-0.2, 0) is 0 Å². The second kappa shape index (κ2) is 14.5. The Balaban J connectivity index is 1.61. The molecule has 2 aromatic rings.